The Morgan fingerprint density at radius 2 is 0.416 bits per heavy atom. The van der Waals surface area contributed by atoms with Gasteiger partial charge in [-0.05, 0) is 49.4 Å². The van der Waals surface area contributed by atoms with Crippen molar-refractivity contribution < 1.29 is 80.2 Å². The fraction of sp³-hybridized carbons (Fsp3) is 0.951. The Bertz CT molecular complexity index is 1970. The minimum Gasteiger partial charge on any atom is -0.462 e. The van der Waals surface area contributed by atoms with E-state index in [1.807, 2.05) is 0 Å². The molecule has 0 saturated heterocycles. The van der Waals surface area contributed by atoms with E-state index in [1.165, 1.54) is 218 Å². The van der Waals surface area contributed by atoms with Crippen molar-refractivity contribution in [3.05, 3.63) is 0 Å². The number of phosphoric ester groups is 2. The average molecular weight is 1480 g/mol. The zero-order valence-electron chi connectivity index (χ0n) is 66.5. The maximum absolute atomic E-state index is 13.1. The van der Waals surface area contributed by atoms with Gasteiger partial charge in [-0.1, -0.05) is 370 Å². The standard InChI is InChI=1S/C82H160O17P2/c1-72(2)58-50-42-34-28-22-16-11-9-10-12-19-26-32-38-48-56-65-82(87)99-78(69-93-80(85)63-55-47-41-40-45-53-61-75(7)8)71-97-101(90,91)95-67-76(83)66-94-100(88,89)96-70-77(68-92-79(84)62-54-46-37-31-25-21-15-18-24-30-36-44-52-60-74(5)6)98-81(86)64-57-49-39-33-27-20-14-13-17-23-29-35-43-51-59-73(3)4/h72-78,83H,9-71H2,1-8H3,(H,88,89)(H,90,91)/t76?,77-,78-/m1/s1. The number of ether oxygens (including phenoxy) is 4. The molecular weight excluding hydrogens is 1320 g/mol. The lowest BCUT2D eigenvalue weighted by atomic mass is 10.0. The Morgan fingerprint density at radius 1 is 0.248 bits per heavy atom. The monoisotopic (exact) mass is 1480 g/mol. The molecule has 0 heterocycles. The Hall–Kier alpha value is -1.94. The van der Waals surface area contributed by atoms with Gasteiger partial charge < -0.3 is 33.8 Å². The summed E-state index contributed by atoms with van der Waals surface area (Å²) in [5.74, 6) is 0.961. The summed E-state index contributed by atoms with van der Waals surface area (Å²) < 4.78 is 68.7. The van der Waals surface area contributed by atoms with Crippen molar-refractivity contribution in [1.82, 2.24) is 0 Å². The van der Waals surface area contributed by atoms with Crippen molar-refractivity contribution in [2.24, 2.45) is 23.7 Å². The summed E-state index contributed by atoms with van der Waals surface area (Å²) in [6, 6.07) is 0. The first-order valence-corrected chi connectivity index (χ1v) is 45.2. The molecule has 0 spiro atoms. The van der Waals surface area contributed by atoms with Gasteiger partial charge in [-0.15, -0.1) is 0 Å². The summed E-state index contributed by atoms with van der Waals surface area (Å²) in [6.07, 6.45) is 58.4. The maximum Gasteiger partial charge on any atom is 0.472 e. The van der Waals surface area contributed by atoms with Gasteiger partial charge in [-0.25, -0.2) is 9.13 Å². The van der Waals surface area contributed by atoms with E-state index in [0.29, 0.717) is 31.6 Å². The first-order chi connectivity index (χ1) is 48.6. The lowest BCUT2D eigenvalue weighted by molar-refractivity contribution is -0.161. The van der Waals surface area contributed by atoms with Crippen LogP contribution < -0.4 is 0 Å². The van der Waals surface area contributed by atoms with Crippen molar-refractivity contribution >= 4 is 39.5 Å². The number of phosphoric acid groups is 2. The van der Waals surface area contributed by atoms with Gasteiger partial charge in [0.15, 0.2) is 12.2 Å². The third-order valence-electron chi connectivity index (χ3n) is 19.1. The van der Waals surface area contributed by atoms with E-state index in [4.69, 9.17) is 37.0 Å². The predicted octanol–water partition coefficient (Wildman–Crippen LogP) is 24.4. The van der Waals surface area contributed by atoms with Crippen LogP contribution in [0.4, 0.5) is 0 Å². The van der Waals surface area contributed by atoms with Gasteiger partial charge in [0.05, 0.1) is 26.4 Å². The quantitative estimate of drug-likeness (QED) is 0.0222. The third kappa shape index (κ3) is 76.1. The molecule has 0 bridgehead atoms. The molecule has 0 fully saturated rings. The van der Waals surface area contributed by atoms with Gasteiger partial charge in [-0.2, -0.15) is 0 Å². The van der Waals surface area contributed by atoms with Gasteiger partial charge in [0, 0.05) is 25.7 Å². The highest BCUT2D eigenvalue weighted by Gasteiger charge is 2.30. The van der Waals surface area contributed by atoms with E-state index < -0.39 is 97.5 Å². The van der Waals surface area contributed by atoms with Crippen molar-refractivity contribution in [3.63, 3.8) is 0 Å². The number of hydrogen-bond acceptors (Lipinski definition) is 15. The lowest BCUT2D eigenvalue weighted by Crippen LogP contribution is -2.30. The number of aliphatic hydroxyl groups excluding tert-OH is 1. The van der Waals surface area contributed by atoms with E-state index in [9.17, 15) is 43.2 Å². The van der Waals surface area contributed by atoms with Crippen LogP contribution in [0, 0.1) is 23.7 Å². The zero-order valence-corrected chi connectivity index (χ0v) is 68.3. The molecule has 0 aromatic heterocycles. The number of unbranched alkanes of at least 4 members (excludes halogenated alkanes) is 45. The lowest BCUT2D eigenvalue weighted by Gasteiger charge is -2.21. The van der Waals surface area contributed by atoms with Gasteiger partial charge in [0.25, 0.3) is 0 Å². The van der Waals surface area contributed by atoms with E-state index in [-0.39, 0.29) is 25.7 Å². The summed E-state index contributed by atoms with van der Waals surface area (Å²) in [4.78, 5) is 73.0. The number of carbonyl (C=O) groups excluding carboxylic acids is 4. The first-order valence-electron chi connectivity index (χ1n) is 42.2. The fourth-order valence-corrected chi connectivity index (χ4v) is 14.2. The van der Waals surface area contributed by atoms with Crippen molar-refractivity contribution in [2.75, 3.05) is 39.6 Å². The predicted molar refractivity (Wildman–Crippen MR) is 414 cm³/mol. The minimum atomic E-state index is -4.96. The second-order valence-electron chi connectivity index (χ2n) is 31.4. The summed E-state index contributed by atoms with van der Waals surface area (Å²) in [5.41, 5.74) is 0. The van der Waals surface area contributed by atoms with Crippen LogP contribution in [0.25, 0.3) is 0 Å². The van der Waals surface area contributed by atoms with Crippen LogP contribution in [0.1, 0.15) is 421 Å². The molecular formula is C82H160O17P2. The number of esters is 4. The minimum absolute atomic E-state index is 0.107. The zero-order chi connectivity index (χ0) is 74.6. The van der Waals surface area contributed by atoms with Gasteiger partial charge in [-0.3, -0.25) is 37.3 Å². The van der Waals surface area contributed by atoms with Gasteiger partial charge >= 0.3 is 39.5 Å². The molecule has 3 unspecified atom stereocenters. The topological polar surface area (TPSA) is 237 Å². The summed E-state index contributed by atoms with van der Waals surface area (Å²) in [5, 5.41) is 10.6. The number of rotatable bonds is 79. The van der Waals surface area contributed by atoms with E-state index >= 15 is 0 Å². The van der Waals surface area contributed by atoms with Crippen LogP contribution in [0.2, 0.25) is 0 Å². The number of aliphatic hydroxyl groups is 1. The Balaban J connectivity index is 5.22. The molecule has 0 aliphatic carbocycles. The normalized spacial score (nSPS) is 14.0. The largest absolute Gasteiger partial charge is 0.472 e. The van der Waals surface area contributed by atoms with E-state index in [0.717, 1.165) is 114 Å². The number of hydrogen-bond donors (Lipinski definition) is 3. The molecule has 0 saturated carbocycles. The van der Waals surface area contributed by atoms with Crippen LogP contribution in [-0.4, -0.2) is 96.7 Å². The molecule has 5 atom stereocenters. The van der Waals surface area contributed by atoms with Gasteiger partial charge in [0.1, 0.15) is 19.3 Å². The molecule has 101 heavy (non-hydrogen) atoms. The van der Waals surface area contributed by atoms with Crippen LogP contribution in [-0.2, 0) is 65.4 Å². The second kappa shape index (κ2) is 71.0. The summed E-state index contributed by atoms with van der Waals surface area (Å²) in [7, 11) is -9.92. The molecule has 19 heteroatoms. The molecule has 600 valence electrons. The fourth-order valence-electron chi connectivity index (χ4n) is 12.6. The maximum atomic E-state index is 13.1. The molecule has 0 aromatic carbocycles. The van der Waals surface area contributed by atoms with Crippen LogP contribution in [0.5, 0.6) is 0 Å². The van der Waals surface area contributed by atoms with E-state index in [1.54, 1.807) is 0 Å². The highest BCUT2D eigenvalue weighted by atomic mass is 31.2. The second-order valence-corrected chi connectivity index (χ2v) is 34.3. The average Bonchev–Trinajstić information content (AvgIpc) is 0.933. The van der Waals surface area contributed by atoms with Crippen LogP contribution in [0.3, 0.4) is 0 Å². The van der Waals surface area contributed by atoms with Crippen LogP contribution in [0.15, 0.2) is 0 Å². The van der Waals surface area contributed by atoms with Gasteiger partial charge in [0.2, 0.25) is 0 Å². The molecule has 0 aliphatic heterocycles. The van der Waals surface area contributed by atoms with Crippen molar-refractivity contribution in [2.45, 2.75) is 440 Å². The van der Waals surface area contributed by atoms with Crippen molar-refractivity contribution in [3.8, 4) is 0 Å². The van der Waals surface area contributed by atoms with Crippen molar-refractivity contribution in [1.29, 1.82) is 0 Å². The highest BCUT2D eigenvalue weighted by molar-refractivity contribution is 7.47. The Morgan fingerprint density at radius 3 is 0.614 bits per heavy atom. The molecule has 0 aliphatic rings. The highest BCUT2D eigenvalue weighted by Crippen LogP contribution is 2.45. The molecule has 0 aromatic rings. The Kier molecular flexibility index (Phi) is 69.6. The molecule has 0 amide bonds. The molecule has 17 nitrogen and oxygen atoms in total. The third-order valence-corrected chi connectivity index (χ3v) is 21.0. The first kappa shape index (κ1) is 99.1. The van der Waals surface area contributed by atoms with Crippen LogP contribution >= 0.6 is 15.6 Å². The molecule has 0 radical (unpaired) electrons. The Labute approximate surface area is 619 Å². The van der Waals surface area contributed by atoms with E-state index in [2.05, 4.69) is 55.4 Å². The SMILES string of the molecule is CC(C)CCCCCCCCCCCCCCCCCCC(=O)O[C@H](COC(=O)CCCCCCCCC(C)C)COP(=O)(O)OCC(O)COP(=O)(O)OC[C@@H](COC(=O)CCCCCCCCCCCCCCCC(C)C)OC(=O)CCCCCCCCCCCCCCCCC(C)C. The summed E-state index contributed by atoms with van der Waals surface area (Å²) >= 11 is 0. The number of carbonyl (C=O) groups is 4. The molecule has 3 N–H and O–H groups in total. The summed E-state index contributed by atoms with van der Waals surface area (Å²) in [6.45, 7) is 14.2. The molecule has 0 rings (SSSR count). The smallest absolute Gasteiger partial charge is 0.462 e.